The van der Waals surface area contributed by atoms with E-state index in [0.29, 0.717) is 17.6 Å². The van der Waals surface area contributed by atoms with Crippen LogP contribution in [0.5, 0.6) is 0 Å². The molecular weight excluding hydrogens is 292 g/mol. The highest BCUT2D eigenvalue weighted by atomic mass is 16.1. The van der Waals surface area contributed by atoms with Crippen molar-refractivity contribution in [1.29, 1.82) is 0 Å². The molecule has 0 aliphatic heterocycles. The van der Waals surface area contributed by atoms with Gasteiger partial charge in [0.15, 0.2) is 0 Å². The highest BCUT2D eigenvalue weighted by Crippen LogP contribution is 2.72. The van der Waals surface area contributed by atoms with Gasteiger partial charge in [0.1, 0.15) is 5.78 Å². The Bertz CT molecular complexity index is 692. The van der Waals surface area contributed by atoms with Gasteiger partial charge in [-0.05, 0) is 33.8 Å². The second-order valence-electron chi connectivity index (χ2n) is 8.78. The molecule has 2 aromatic rings. The van der Waals surface area contributed by atoms with Gasteiger partial charge in [-0.3, -0.25) is 4.79 Å². The van der Waals surface area contributed by atoms with Crippen LogP contribution in [0.1, 0.15) is 50.7 Å². The van der Waals surface area contributed by atoms with Gasteiger partial charge in [0, 0.05) is 11.8 Å². The predicted molar refractivity (Wildman–Crippen MR) is 97.9 cm³/mol. The topological polar surface area (TPSA) is 17.1 Å². The third-order valence-electron chi connectivity index (χ3n) is 6.59. The van der Waals surface area contributed by atoms with Crippen LogP contribution in [-0.4, -0.2) is 5.78 Å². The number of carbonyl (C=O) groups excluding carboxylic acids is 1. The van der Waals surface area contributed by atoms with E-state index in [1.807, 2.05) is 12.1 Å². The quantitative estimate of drug-likeness (QED) is 0.734. The van der Waals surface area contributed by atoms with Crippen molar-refractivity contribution in [1.82, 2.24) is 0 Å². The van der Waals surface area contributed by atoms with Crippen LogP contribution in [0.3, 0.4) is 0 Å². The minimum absolute atomic E-state index is 0.0817. The summed E-state index contributed by atoms with van der Waals surface area (Å²) >= 11 is 0. The lowest BCUT2D eigenvalue weighted by Gasteiger charge is -2.03. The van der Waals surface area contributed by atoms with E-state index in [-0.39, 0.29) is 22.7 Å². The smallest absolute Gasteiger partial charge is 0.141 e. The van der Waals surface area contributed by atoms with Crippen LogP contribution in [0.25, 0.3) is 0 Å². The van der Waals surface area contributed by atoms with Gasteiger partial charge in [0.2, 0.25) is 0 Å². The van der Waals surface area contributed by atoms with Crippen molar-refractivity contribution < 1.29 is 4.79 Å². The van der Waals surface area contributed by atoms with E-state index < -0.39 is 0 Å². The molecule has 2 aromatic carbocycles. The minimum atomic E-state index is 0.0817. The Kier molecular flexibility index (Phi) is 3.29. The maximum absolute atomic E-state index is 13.4. The van der Waals surface area contributed by atoms with Gasteiger partial charge >= 0.3 is 0 Å². The SMILES string of the molecule is CC1(C)[C@H](C(=O)[C@H]2[C@H](c3ccccc3)C2(C)C)[C@H]1c1ccccc1. The first-order valence-corrected chi connectivity index (χ1v) is 9.00. The highest BCUT2D eigenvalue weighted by molar-refractivity contribution is 5.93. The normalized spacial score (nSPS) is 32.2. The molecule has 2 fully saturated rings. The molecule has 4 atom stereocenters. The van der Waals surface area contributed by atoms with Crippen molar-refractivity contribution in [3.63, 3.8) is 0 Å². The average Bonchev–Trinajstić information content (AvgIpc) is 3.36. The second-order valence-corrected chi connectivity index (χ2v) is 8.78. The van der Waals surface area contributed by atoms with Gasteiger partial charge < -0.3 is 0 Å². The van der Waals surface area contributed by atoms with E-state index >= 15 is 0 Å². The first kappa shape index (κ1) is 15.6. The van der Waals surface area contributed by atoms with Crippen LogP contribution in [0.15, 0.2) is 60.7 Å². The Morgan fingerprint density at radius 3 is 1.33 bits per heavy atom. The zero-order valence-electron chi connectivity index (χ0n) is 15.0. The number of Topliss-reactive ketones (excluding diaryl/α,β-unsaturated/α-hetero) is 1. The molecule has 0 N–H and O–H groups in total. The Labute approximate surface area is 145 Å². The molecule has 0 amide bonds. The molecule has 0 saturated heterocycles. The summed E-state index contributed by atoms with van der Waals surface area (Å²) in [5, 5.41) is 0. The lowest BCUT2D eigenvalue weighted by atomic mass is 10.00. The molecule has 4 rings (SSSR count). The Morgan fingerprint density at radius 2 is 1.00 bits per heavy atom. The van der Waals surface area contributed by atoms with Crippen LogP contribution >= 0.6 is 0 Å². The molecule has 0 bridgehead atoms. The van der Waals surface area contributed by atoms with Crippen LogP contribution in [0.2, 0.25) is 0 Å². The summed E-state index contributed by atoms with van der Waals surface area (Å²) in [4.78, 5) is 13.4. The van der Waals surface area contributed by atoms with Gasteiger partial charge in [0.25, 0.3) is 0 Å². The van der Waals surface area contributed by atoms with E-state index in [9.17, 15) is 4.79 Å². The maximum atomic E-state index is 13.4. The Balaban J connectivity index is 1.59. The average molecular weight is 318 g/mol. The molecule has 24 heavy (non-hydrogen) atoms. The van der Waals surface area contributed by atoms with Crippen molar-refractivity contribution in [2.75, 3.05) is 0 Å². The summed E-state index contributed by atoms with van der Waals surface area (Å²) in [6.07, 6.45) is 0. The van der Waals surface area contributed by atoms with Crippen LogP contribution < -0.4 is 0 Å². The molecule has 2 saturated carbocycles. The summed E-state index contributed by atoms with van der Waals surface area (Å²) in [5.74, 6) is 1.56. The first-order chi connectivity index (χ1) is 11.4. The highest BCUT2D eigenvalue weighted by Gasteiger charge is 2.70. The fraction of sp³-hybridized carbons (Fsp3) is 0.435. The molecule has 0 spiro atoms. The third kappa shape index (κ3) is 2.17. The van der Waals surface area contributed by atoms with Crippen molar-refractivity contribution >= 4 is 5.78 Å². The predicted octanol–water partition coefficient (Wildman–Crippen LogP) is 5.44. The van der Waals surface area contributed by atoms with Crippen LogP contribution in [-0.2, 0) is 4.79 Å². The lowest BCUT2D eigenvalue weighted by molar-refractivity contribution is -0.122. The van der Waals surface area contributed by atoms with E-state index in [0.717, 1.165) is 0 Å². The number of hydrogen-bond donors (Lipinski definition) is 0. The van der Waals surface area contributed by atoms with Gasteiger partial charge in [-0.2, -0.15) is 0 Å². The fourth-order valence-electron chi connectivity index (χ4n) is 5.10. The molecule has 0 radical (unpaired) electrons. The molecule has 0 unspecified atom stereocenters. The zero-order chi connectivity index (χ0) is 17.1. The monoisotopic (exact) mass is 318 g/mol. The van der Waals surface area contributed by atoms with Crippen molar-refractivity contribution in [3.05, 3.63) is 71.8 Å². The summed E-state index contributed by atoms with van der Waals surface area (Å²) < 4.78 is 0. The molecule has 1 nitrogen and oxygen atoms in total. The van der Waals surface area contributed by atoms with Crippen molar-refractivity contribution in [2.45, 2.75) is 39.5 Å². The van der Waals surface area contributed by atoms with Gasteiger partial charge in [-0.1, -0.05) is 88.4 Å². The summed E-state index contributed by atoms with van der Waals surface area (Å²) in [6, 6.07) is 21.1. The molecule has 2 aliphatic carbocycles. The summed E-state index contributed by atoms with van der Waals surface area (Å²) in [6.45, 7) is 9.00. The van der Waals surface area contributed by atoms with Gasteiger partial charge in [-0.15, -0.1) is 0 Å². The first-order valence-electron chi connectivity index (χ1n) is 9.00. The molecule has 0 aromatic heterocycles. The van der Waals surface area contributed by atoms with E-state index in [1.54, 1.807) is 0 Å². The number of hydrogen-bond acceptors (Lipinski definition) is 1. The van der Waals surface area contributed by atoms with Crippen LogP contribution in [0.4, 0.5) is 0 Å². The van der Waals surface area contributed by atoms with E-state index in [4.69, 9.17) is 0 Å². The van der Waals surface area contributed by atoms with E-state index in [1.165, 1.54) is 11.1 Å². The van der Waals surface area contributed by atoms with E-state index in [2.05, 4.69) is 76.2 Å². The molecular formula is C23H26O. The summed E-state index contributed by atoms with van der Waals surface area (Å²) in [5.41, 5.74) is 2.79. The zero-order valence-corrected chi connectivity index (χ0v) is 15.0. The fourth-order valence-corrected chi connectivity index (χ4v) is 5.10. The van der Waals surface area contributed by atoms with Crippen molar-refractivity contribution in [2.24, 2.45) is 22.7 Å². The van der Waals surface area contributed by atoms with Gasteiger partial charge in [0.05, 0.1) is 0 Å². The maximum Gasteiger partial charge on any atom is 0.141 e. The molecule has 1 heteroatoms. The third-order valence-corrected chi connectivity index (χ3v) is 6.59. The lowest BCUT2D eigenvalue weighted by Crippen LogP contribution is -2.12. The number of benzene rings is 2. The molecule has 124 valence electrons. The number of rotatable bonds is 4. The van der Waals surface area contributed by atoms with Gasteiger partial charge in [-0.25, -0.2) is 0 Å². The van der Waals surface area contributed by atoms with Crippen LogP contribution in [0, 0.1) is 22.7 Å². The Hall–Kier alpha value is -1.89. The summed E-state index contributed by atoms with van der Waals surface area (Å²) in [7, 11) is 0. The second kappa shape index (κ2) is 5.05. The number of carbonyl (C=O) groups is 1. The number of ketones is 1. The minimum Gasteiger partial charge on any atom is -0.299 e. The van der Waals surface area contributed by atoms with Crippen molar-refractivity contribution in [3.8, 4) is 0 Å². The molecule has 2 aliphatic rings. The standard InChI is InChI=1S/C23H26O/c1-22(2)17(15-11-7-5-8-12-15)19(22)21(24)20-18(23(20,3)4)16-13-9-6-10-14-16/h5-14,17-20H,1-4H3/t17-,18+,19+,20-. The molecule has 0 heterocycles. The Morgan fingerprint density at radius 1 is 0.667 bits per heavy atom. The largest absolute Gasteiger partial charge is 0.299 e.